The second-order valence-corrected chi connectivity index (χ2v) is 5.56. The maximum atomic E-state index is 5.78. The van der Waals surface area contributed by atoms with Gasteiger partial charge in [-0.3, -0.25) is 0 Å². The Hall–Kier alpha value is -1.26. The highest BCUT2D eigenvalue weighted by Gasteiger charge is 2.21. The van der Waals surface area contributed by atoms with Gasteiger partial charge in [0.05, 0.1) is 13.7 Å². The Kier molecular flexibility index (Phi) is 5.68. The zero-order chi connectivity index (χ0) is 14.4. The second-order valence-electron chi connectivity index (χ2n) is 5.56. The minimum Gasteiger partial charge on any atom is -0.493 e. The fourth-order valence-corrected chi connectivity index (χ4v) is 1.94. The van der Waals surface area contributed by atoms with Crippen molar-refractivity contribution in [1.29, 1.82) is 0 Å². The van der Waals surface area contributed by atoms with Crippen molar-refractivity contribution in [3.63, 3.8) is 0 Å². The van der Waals surface area contributed by atoms with Gasteiger partial charge in [-0.2, -0.15) is 0 Å². The molecule has 0 saturated heterocycles. The number of rotatable bonds is 9. The third kappa shape index (κ3) is 4.69. The van der Waals surface area contributed by atoms with Gasteiger partial charge in [0, 0.05) is 18.2 Å². The van der Waals surface area contributed by atoms with Crippen molar-refractivity contribution < 1.29 is 14.2 Å². The third-order valence-corrected chi connectivity index (χ3v) is 3.32. The lowest BCUT2D eigenvalue weighted by Crippen LogP contribution is -2.22. The summed E-state index contributed by atoms with van der Waals surface area (Å²) in [7, 11) is 1.66. The molecule has 0 heterocycles. The van der Waals surface area contributed by atoms with E-state index in [1.165, 1.54) is 12.8 Å². The number of hydrogen-bond acceptors (Lipinski definition) is 4. The number of methoxy groups -OCH3 is 1. The van der Waals surface area contributed by atoms with Crippen LogP contribution in [0.1, 0.15) is 32.3 Å². The van der Waals surface area contributed by atoms with E-state index in [-0.39, 0.29) is 6.79 Å². The van der Waals surface area contributed by atoms with Gasteiger partial charge in [0.1, 0.15) is 0 Å². The molecule has 1 aromatic carbocycles. The summed E-state index contributed by atoms with van der Waals surface area (Å²) >= 11 is 0. The maximum Gasteiger partial charge on any atom is 0.189 e. The summed E-state index contributed by atoms with van der Waals surface area (Å²) in [5, 5.41) is 3.40. The normalized spacial score (nSPS) is 14.6. The summed E-state index contributed by atoms with van der Waals surface area (Å²) in [5.41, 5.74) is 1.09. The average Bonchev–Trinajstić information content (AvgIpc) is 3.25. The fourth-order valence-electron chi connectivity index (χ4n) is 1.94. The maximum absolute atomic E-state index is 5.78. The van der Waals surface area contributed by atoms with Gasteiger partial charge in [0.2, 0.25) is 0 Å². The highest BCUT2D eigenvalue weighted by atomic mass is 16.7. The molecule has 0 unspecified atom stereocenters. The van der Waals surface area contributed by atoms with Crippen LogP contribution in [0.2, 0.25) is 0 Å². The van der Waals surface area contributed by atoms with Crippen molar-refractivity contribution >= 4 is 0 Å². The number of hydrogen-bond donors (Lipinski definition) is 1. The molecular weight excluding hydrogens is 254 g/mol. The van der Waals surface area contributed by atoms with E-state index in [1.807, 2.05) is 18.2 Å². The summed E-state index contributed by atoms with van der Waals surface area (Å²) in [4.78, 5) is 0. The van der Waals surface area contributed by atoms with Gasteiger partial charge in [-0.1, -0.05) is 26.0 Å². The van der Waals surface area contributed by atoms with E-state index in [0.717, 1.165) is 36.1 Å². The SMILES string of the molecule is COc1cccc(CNC(C)C)c1OCOCC1CC1. The van der Waals surface area contributed by atoms with E-state index in [2.05, 4.69) is 19.2 Å². The molecule has 0 atom stereocenters. The summed E-state index contributed by atoms with van der Waals surface area (Å²) in [6, 6.07) is 6.37. The Balaban J connectivity index is 1.93. The van der Waals surface area contributed by atoms with E-state index < -0.39 is 0 Å². The number of ether oxygens (including phenoxy) is 3. The lowest BCUT2D eigenvalue weighted by atomic mass is 10.1. The van der Waals surface area contributed by atoms with Crippen LogP contribution in [0.15, 0.2) is 18.2 Å². The van der Waals surface area contributed by atoms with Gasteiger partial charge >= 0.3 is 0 Å². The highest BCUT2D eigenvalue weighted by molar-refractivity contribution is 5.46. The number of benzene rings is 1. The Bertz CT molecular complexity index is 416. The summed E-state index contributed by atoms with van der Waals surface area (Å²) < 4.78 is 16.7. The molecule has 1 saturated carbocycles. The first-order chi connectivity index (χ1) is 9.70. The topological polar surface area (TPSA) is 39.7 Å². The molecule has 0 spiro atoms. The van der Waals surface area contributed by atoms with Crippen molar-refractivity contribution in [2.24, 2.45) is 5.92 Å². The van der Waals surface area contributed by atoms with Crippen LogP contribution in [0.25, 0.3) is 0 Å². The molecular formula is C16H25NO3. The predicted octanol–water partition coefficient (Wildman–Crippen LogP) is 2.96. The Morgan fingerprint density at radius 1 is 1.30 bits per heavy atom. The van der Waals surface area contributed by atoms with Crippen LogP contribution in [0.4, 0.5) is 0 Å². The van der Waals surface area contributed by atoms with Crippen LogP contribution in [-0.2, 0) is 11.3 Å². The smallest absolute Gasteiger partial charge is 0.189 e. The molecule has 0 bridgehead atoms. The van der Waals surface area contributed by atoms with Crippen LogP contribution < -0.4 is 14.8 Å². The van der Waals surface area contributed by atoms with Crippen molar-refractivity contribution in [3.05, 3.63) is 23.8 Å². The quantitative estimate of drug-likeness (QED) is 0.557. The molecule has 1 aliphatic rings. The van der Waals surface area contributed by atoms with Gasteiger partial charge in [-0.25, -0.2) is 0 Å². The van der Waals surface area contributed by atoms with Gasteiger partial charge in [0.15, 0.2) is 18.3 Å². The molecule has 0 aliphatic heterocycles. The molecule has 1 fully saturated rings. The van der Waals surface area contributed by atoms with E-state index in [9.17, 15) is 0 Å². The first-order valence-electron chi connectivity index (χ1n) is 7.30. The highest BCUT2D eigenvalue weighted by Crippen LogP contribution is 2.32. The lowest BCUT2D eigenvalue weighted by Gasteiger charge is -2.16. The van der Waals surface area contributed by atoms with Gasteiger partial charge in [0.25, 0.3) is 0 Å². The van der Waals surface area contributed by atoms with Crippen molar-refractivity contribution in [1.82, 2.24) is 5.32 Å². The zero-order valence-corrected chi connectivity index (χ0v) is 12.6. The van der Waals surface area contributed by atoms with Crippen LogP contribution in [0, 0.1) is 5.92 Å². The molecule has 1 aromatic rings. The molecule has 20 heavy (non-hydrogen) atoms. The lowest BCUT2D eigenvalue weighted by molar-refractivity contribution is 0.00806. The standard InChI is InChI=1S/C16H25NO3/c1-12(2)17-9-14-5-4-6-15(18-3)16(14)20-11-19-10-13-7-8-13/h4-6,12-13,17H,7-11H2,1-3H3. The molecule has 0 radical (unpaired) electrons. The van der Waals surface area contributed by atoms with Crippen LogP contribution in [-0.4, -0.2) is 26.6 Å². The second kappa shape index (κ2) is 7.50. The van der Waals surface area contributed by atoms with Crippen LogP contribution in [0.5, 0.6) is 11.5 Å². The average molecular weight is 279 g/mol. The molecule has 4 nitrogen and oxygen atoms in total. The summed E-state index contributed by atoms with van der Waals surface area (Å²) in [5.74, 6) is 2.28. The molecule has 1 N–H and O–H groups in total. The Morgan fingerprint density at radius 2 is 2.10 bits per heavy atom. The van der Waals surface area contributed by atoms with Crippen molar-refractivity contribution in [2.45, 2.75) is 39.3 Å². The first-order valence-corrected chi connectivity index (χ1v) is 7.30. The zero-order valence-electron chi connectivity index (χ0n) is 12.6. The number of nitrogens with one attached hydrogen (secondary N) is 1. The molecule has 112 valence electrons. The van der Waals surface area contributed by atoms with E-state index in [4.69, 9.17) is 14.2 Å². The van der Waals surface area contributed by atoms with Gasteiger partial charge in [-0.15, -0.1) is 0 Å². The number of para-hydroxylation sites is 1. The van der Waals surface area contributed by atoms with Crippen LogP contribution in [0.3, 0.4) is 0 Å². The van der Waals surface area contributed by atoms with Gasteiger partial charge < -0.3 is 19.5 Å². The Labute approximate surface area is 121 Å². The first kappa shape index (κ1) is 15.1. The van der Waals surface area contributed by atoms with Crippen molar-refractivity contribution in [3.8, 4) is 11.5 Å². The third-order valence-electron chi connectivity index (χ3n) is 3.32. The predicted molar refractivity (Wildman–Crippen MR) is 79.1 cm³/mol. The minimum absolute atomic E-state index is 0.283. The van der Waals surface area contributed by atoms with Crippen LogP contribution >= 0.6 is 0 Å². The van der Waals surface area contributed by atoms with E-state index in [0.29, 0.717) is 6.04 Å². The van der Waals surface area contributed by atoms with Crippen molar-refractivity contribution in [2.75, 3.05) is 20.5 Å². The summed E-state index contributed by atoms with van der Waals surface area (Å²) in [6.07, 6.45) is 2.58. The van der Waals surface area contributed by atoms with Gasteiger partial charge in [-0.05, 0) is 24.8 Å². The monoisotopic (exact) mass is 279 g/mol. The minimum atomic E-state index is 0.283. The Morgan fingerprint density at radius 3 is 2.75 bits per heavy atom. The molecule has 1 aliphatic carbocycles. The largest absolute Gasteiger partial charge is 0.493 e. The molecule has 4 heteroatoms. The van der Waals surface area contributed by atoms with E-state index in [1.54, 1.807) is 7.11 Å². The molecule has 0 aromatic heterocycles. The van der Waals surface area contributed by atoms with E-state index >= 15 is 0 Å². The fraction of sp³-hybridized carbons (Fsp3) is 0.625. The molecule has 0 amide bonds. The molecule has 2 rings (SSSR count). The summed E-state index contributed by atoms with van der Waals surface area (Å²) in [6.45, 7) is 6.09.